The first-order valence-corrected chi connectivity index (χ1v) is 8.17. The van der Waals surface area contributed by atoms with E-state index in [1.165, 1.54) is 12.8 Å². The van der Waals surface area contributed by atoms with E-state index in [0.29, 0.717) is 6.42 Å². The number of hydrogen-bond donors (Lipinski definition) is 3. The maximum Gasteiger partial charge on any atom is 0.364 e. The van der Waals surface area contributed by atoms with Crippen molar-refractivity contribution >= 4 is 5.97 Å². The second-order valence-corrected chi connectivity index (χ2v) is 5.46. The van der Waals surface area contributed by atoms with Gasteiger partial charge in [0.25, 0.3) is 5.79 Å². The van der Waals surface area contributed by atoms with Gasteiger partial charge in [0, 0.05) is 6.42 Å². The van der Waals surface area contributed by atoms with E-state index in [2.05, 4.69) is 25.2 Å². The second-order valence-electron chi connectivity index (χ2n) is 5.46. The van der Waals surface area contributed by atoms with Gasteiger partial charge in [-0.2, -0.15) is 0 Å². The Labute approximate surface area is 133 Å². The highest BCUT2D eigenvalue weighted by Gasteiger charge is 2.31. The summed E-state index contributed by atoms with van der Waals surface area (Å²) in [5, 5.41) is 26.8. The summed E-state index contributed by atoms with van der Waals surface area (Å²) in [7, 11) is 0. The Hall–Kier alpha value is -1.39. The summed E-state index contributed by atoms with van der Waals surface area (Å²) in [5.74, 6) is -4.15. The van der Waals surface area contributed by atoms with E-state index >= 15 is 0 Å². The molecule has 0 aliphatic carbocycles. The van der Waals surface area contributed by atoms with Crippen molar-refractivity contribution in [2.24, 2.45) is 0 Å². The summed E-state index contributed by atoms with van der Waals surface area (Å²) in [6.45, 7) is 2.18. The number of carbonyl (C=O) groups is 1. The highest BCUT2D eigenvalue weighted by atomic mass is 16.5. The zero-order valence-electron chi connectivity index (χ0n) is 13.6. The number of carboxylic acid groups (broad SMARTS) is 1. The van der Waals surface area contributed by atoms with E-state index in [4.69, 9.17) is 15.3 Å². The van der Waals surface area contributed by atoms with Crippen molar-refractivity contribution in [3.8, 4) is 0 Å². The number of carboxylic acids is 1. The largest absolute Gasteiger partial charge is 0.477 e. The van der Waals surface area contributed by atoms with E-state index in [1.54, 1.807) is 0 Å². The van der Waals surface area contributed by atoms with E-state index < -0.39 is 11.8 Å². The lowest BCUT2D eigenvalue weighted by atomic mass is 10.1. The van der Waals surface area contributed by atoms with Gasteiger partial charge < -0.3 is 15.3 Å². The maximum atomic E-state index is 10.5. The van der Waals surface area contributed by atoms with E-state index in [0.717, 1.165) is 32.1 Å². The predicted molar refractivity (Wildman–Crippen MR) is 89.5 cm³/mol. The van der Waals surface area contributed by atoms with Crippen LogP contribution in [0.1, 0.15) is 64.7 Å². The Morgan fingerprint density at radius 1 is 0.864 bits per heavy atom. The minimum atomic E-state index is -2.57. The van der Waals surface area contributed by atoms with Crippen LogP contribution in [0.25, 0.3) is 0 Å². The van der Waals surface area contributed by atoms with Crippen LogP contribution in [0.5, 0.6) is 0 Å². The Kier molecular flexibility index (Phi) is 12.4. The van der Waals surface area contributed by atoms with Crippen LogP contribution in [0.2, 0.25) is 0 Å². The first kappa shape index (κ1) is 20.6. The van der Waals surface area contributed by atoms with Crippen molar-refractivity contribution in [1.82, 2.24) is 0 Å². The summed E-state index contributed by atoms with van der Waals surface area (Å²) in [4.78, 5) is 10.5. The Morgan fingerprint density at radius 2 is 1.41 bits per heavy atom. The van der Waals surface area contributed by atoms with Crippen LogP contribution in [0.4, 0.5) is 0 Å². The van der Waals surface area contributed by atoms with Gasteiger partial charge in [-0.05, 0) is 25.7 Å². The number of hydrogen-bond acceptors (Lipinski definition) is 3. The molecular formula is C18H30O4. The first-order valence-electron chi connectivity index (χ1n) is 8.17. The van der Waals surface area contributed by atoms with E-state index in [-0.39, 0.29) is 6.42 Å². The lowest BCUT2D eigenvalue weighted by Crippen LogP contribution is -2.37. The molecule has 4 heteroatoms. The fourth-order valence-electron chi connectivity index (χ4n) is 1.89. The van der Waals surface area contributed by atoms with Crippen LogP contribution in [-0.4, -0.2) is 27.1 Å². The Morgan fingerprint density at radius 3 is 1.95 bits per heavy atom. The fourth-order valence-corrected chi connectivity index (χ4v) is 1.89. The molecule has 22 heavy (non-hydrogen) atoms. The molecule has 0 aromatic heterocycles. The van der Waals surface area contributed by atoms with Crippen LogP contribution in [-0.2, 0) is 4.79 Å². The molecule has 0 aromatic carbocycles. The molecule has 0 saturated carbocycles. The van der Waals surface area contributed by atoms with Gasteiger partial charge in [0.2, 0.25) is 0 Å². The molecule has 0 spiro atoms. The van der Waals surface area contributed by atoms with Gasteiger partial charge in [-0.25, -0.2) is 4.79 Å². The van der Waals surface area contributed by atoms with Crippen LogP contribution in [0.3, 0.4) is 0 Å². The zero-order chi connectivity index (χ0) is 16.7. The van der Waals surface area contributed by atoms with Gasteiger partial charge in [-0.1, -0.05) is 69.1 Å². The van der Waals surface area contributed by atoms with Crippen LogP contribution >= 0.6 is 0 Å². The molecule has 0 unspecified atom stereocenters. The third-order valence-electron chi connectivity index (χ3n) is 3.32. The summed E-state index contributed by atoms with van der Waals surface area (Å²) >= 11 is 0. The molecule has 0 saturated heterocycles. The summed E-state index contributed by atoms with van der Waals surface area (Å²) < 4.78 is 0. The second kappa shape index (κ2) is 13.3. The van der Waals surface area contributed by atoms with Gasteiger partial charge in [-0.3, -0.25) is 0 Å². The van der Waals surface area contributed by atoms with Crippen molar-refractivity contribution in [2.45, 2.75) is 70.5 Å². The quantitative estimate of drug-likeness (QED) is 0.273. The molecule has 0 fully saturated rings. The van der Waals surface area contributed by atoms with Crippen molar-refractivity contribution in [1.29, 1.82) is 0 Å². The summed E-state index contributed by atoms with van der Waals surface area (Å²) in [6.07, 6.45) is 20.2. The molecule has 0 heterocycles. The third-order valence-corrected chi connectivity index (χ3v) is 3.32. The summed E-state index contributed by atoms with van der Waals surface area (Å²) in [5.41, 5.74) is 0. The zero-order valence-corrected chi connectivity index (χ0v) is 13.6. The minimum absolute atomic E-state index is 0.120. The highest BCUT2D eigenvalue weighted by Crippen LogP contribution is 2.13. The first-order chi connectivity index (χ1) is 10.5. The van der Waals surface area contributed by atoms with E-state index in [9.17, 15) is 4.79 Å². The standard InChI is InChI=1S/C18H30O4/c1-2-3-4-5-6-7-8-9-10-11-12-13-14-15-16-18(21,22)17(19)20/h5-10,21-22H,2-4,11-16H2,1H3,(H,19,20)/b6-5+,8-7+,10-9-. The molecular weight excluding hydrogens is 280 g/mol. The van der Waals surface area contributed by atoms with Gasteiger partial charge in [-0.15, -0.1) is 0 Å². The molecule has 0 rings (SSSR count). The van der Waals surface area contributed by atoms with Crippen molar-refractivity contribution in [2.75, 3.05) is 0 Å². The number of rotatable bonds is 13. The van der Waals surface area contributed by atoms with Crippen LogP contribution < -0.4 is 0 Å². The normalized spacial score (nSPS) is 12.9. The molecule has 4 nitrogen and oxygen atoms in total. The number of aliphatic carboxylic acids is 1. The molecule has 0 atom stereocenters. The monoisotopic (exact) mass is 310 g/mol. The minimum Gasteiger partial charge on any atom is -0.477 e. The smallest absolute Gasteiger partial charge is 0.364 e. The van der Waals surface area contributed by atoms with Crippen LogP contribution in [0.15, 0.2) is 36.5 Å². The highest BCUT2D eigenvalue weighted by molar-refractivity contribution is 5.74. The number of allylic oxidation sites excluding steroid dienone is 6. The molecule has 126 valence electrons. The molecule has 3 N–H and O–H groups in total. The van der Waals surface area contributed by atoms with Gasteiger partial charge >= 0.3 is 5.97 Å². The van der Waals surface area contributed by atoms with Gasteiger partial charge in [0.1, 0.15) is 0 Å². The average molecular weight is 310 g/mol. The van der Waals surface area contributed by atoms with Crippen molar-refractivity contribution in [3.05, 3.63) is 36.5 Å². The fraction of sp³-hybridized carbons (Fsp3) is 0.611. The van der Waals surface area contributed by atoms with Crippen molar-refractivity contribution < 1.29 is 20.1 Å². The molecule has 0 radical (unpaired) electrons. The van der Waals surface area contributed by atoms with E-state index in [1.807, 2.05) is 18.2 Å². The number of unbranched alkanes of at least 4 members (excludes halogenated alkanes) is 6. The lowest BCUT2D eigenvalue weighted by molar-refractivity contribution is -0.205. The molecule has 0 aromatic rings. The lowest BCUT2D eigenvalue weighted by Gasteiger charge is -2.15. The number of aliphatic hydroxyl groups is 2. The molecule has 0 aliphatic rings. The topological polar surface area (TPSA) is 77.8 Å². The molecule has 0 aliphatic heterocycles. The van der Waals surface area contributed by atoms with Gasteiger partial charge in [0.15, 0.2) is 0 Å². The summed E-state index contributed by atoms with van der Waals surface area (Å²) in [6, 6.07) is 0. The van der Waals surface area contributed by atoms with Crippen molar-refractivity contribution in [3.63, 3.8) is 0 Å². The Bertz CT molecular complexity index is 367. The maximum absolute atomic E-state index is 10.5. The molecule has 0 amide bonds. The Balaban J connectivity index is 3.50. The third kappa shape index (κ3) is 12.4. The predicted octanol–water partition coefficient (Wildman–Crippen LogP) is 3.95. The van der Waals surface area contributed by atoms with Crippen LogP contribution in [0, 0.1) is 0 Å². The molecule has 0 bridgehead atoms. The SMILES string of the molecule is CCCC/C=C/C=C/C=C\CCCCCCC(O)(O)C(=O)O. The average Bonchev–Trinajstić information content (AvgIpc) is 2.47. The van der Waals surface area contributed by atoms with Gasteiger partial charge in [0.05, 0.1) is 0 Å².